The summed E-state index contributed by atoms with van der Waals surface area (Å²) in [6.45, 7) is 4.72. The van der Waals surface area contributed by atoms with E-state index < -0.39 is 5.97 Å². The molecular formula is C20H20O7. The van der Waals surface area contributed by atoms with E-state index in [1.165, 1.54) is 14.0 Å². The average molecular weight is 372 g/mol. The maximum absolute atomic E-state index is 13.0. The molecule has 0 N–H and O–H groups in total. The lowest BCUT2D eigenvalue weighted by molar-refractivity contribution is -0.142. The highest BCUT2D eigenvalue weighted by molar-refractivity contribution is 6.26. The molecule has 27 heavy (non-hydrogen) atoms. The van der Waals surface area contributed by atoms with Crippen LogP contribution < -0.4 is 0 Å². The highest BCUT2D eigenvalue weighted by Gasteiger charge is 2.47. The third-order valence-corrected chi connectivity index (χ3v) is 5.29. The van der Waals surface area contributed by atoms with Gasteiger partial charge in [0.2, 0.25) is 5.78 Å². The number of ether oxygens (including phenoxy) is 4. The molecule has 1 fully saturated rings. The number of hydrogen-bond donors (Lipinski definition) is 0. The molecule has 4 rings (SSSR count). The Labute approximate surface area is 156 Å². The number of hydrogen-bond acceptors (Lipinski definition) is 7. The molecule has 2 aliphatic carbocycles. The Bertz CT molecular complexity index is 911. The monoisotopic (exact) mass is 372 g/mol. The zero-order valence-corrected chi connectivity index (χ0v) is 15.6. The van der Waals surface area contributed by atoms with Gasteiger partial charge in [-0.3, -0.25) is 14.4 Å². The largest absolute Gasteiger partial charge is 0.492 e. The molecule has 1 saturated heterocycles. The van der Waals surface area contributed by atoms with E-state index >= 15 is 0 Å². The van der Waals surface area contributed by atoms with Crippen molar-refractivity contribution in [1.29, 1.82) is 0 Å². The first-order chi connectivity index (χ1) is 12.8. The fourth-order valence-electron chi connectivity index (χ4n) is 4.20. The topological polar surface area (TPSA) is 88.1 Å². The summed E-state index contributed by atoms with van der Waals surface area (Å²) in [5.41, 5.74) is 3.13. The zero-order valence-electron chi connectivity index (χ0n) is 15.6. The van der Waals surface area contributed by atoms with Crippen molar-refractivity contribution >= 4 is 17.5 Å². The van der Waals surface area contributed by atoms with Gasteiger partial charge in [0.1, 0.15) is 12.7 Å². The Morgan fingerprint density at radius 2 is 2.00 bits per heavy atom. The lowest BCUT2D eigenvalue weighted by Crippen LogP contribution is -2.25. The predicted molar refractivity (Wildman–Crippen MR) is 92.1 cm³/mol. The molecule has 1 heterocycles. The first-order valence-corrected chi connectivity index (χ1v) is 8.80. The van der Waals surface area contributed by atoms with Gasteiger partial charge >= 0.3 is 5.97 Å². The molecule has 3 atom stereocenters. The lowest BCUT2D eigenvalue weighted by atomic mass is 9.82. The Kier molecular flexibility index (Phi) is 4.16. The van der Waals surface area contributed by atoms with E-state index in [-0.39, 0.29) is 53.6 Å². The van der Waals surface area contributed by atoms with Gasteiger partial charge in [0.25, 0.3) is 0 Å². The van der Waals surface area contributed by atoms with E-state index in [0.29, 0.717) is 17.5 Å². The molecule has 7 nitrogen and oxygen atoms in total. The predicted octanol–water partition coefficient (Wildman–Crippen LogP) is 2.41. The fourth-order valence-corrected chi connectivity index (χ4v) is 4.20. The standard InChI is InChI=1S/C20H20O7/c1-8-17(22)16-12-6-14-20(27-10(3)26-14)15(12)11(7-25-9(2)21)5-13(16)18(23)19(8)24-4/h5,10,14,20H,6-7H2,1-4H3. The Morgan fingerprint density at radius 1 is 1.26 bits per heavy atom. The quantitative estimate of drug-likeness (QED) is 0.753. The van der Waals surface area contributed by atoms with Crippen molar-refractivity contribution in [3.63, 3.8) is 0 Å². The summed E-state index contributed by atoms with van der Waals surface area (Å²) in [5, 5.41) is 0. The molecule has 142 valence electrons. The van der Waals surface area contributed by atoms with Crippen LogP contribution >= 0.6 is 0 Å². The molecule has 0 bridgehead atoms. The van der Waals surface area contributed by atoms with Crippen LogP contribution in [0.5, 0.6) is 0 Å². The molecule has 3 aliphatic rings. The number of rotatable bonds is 3. The minimum Gasteiger partial charge on any atom is -0.492 e. The van der Waals surface area contributed by atoms with E-state index in [9.17, 15) is 14.4 Å². The van der Waals surface area contributed by atoms with Crippen LogP contribution in [0.4, 0.5) is 0 Å². The maximum atomic E-state index is 13.0. The smallest absolute Gasteiger partial charge is 0.302 e. The minimum absolute atomic E-state index is 0.00160. The second-order valence-corrected chi connectivity index (χ2v) is 6.95. The highest BCUT2D eigenvalue weighted by atomic mass is 16.7. The third kappa shape index (κ3) is 2.61. The first-order valence-electron chi connectivity index (χ1n) is 8.80. The lowest BCUT2D eigenvalue weighted by Gasteiger charge is -2.23. The number of carbonyl (C=O) groups is 3. The number of fused-ring (bicyclic) bond motifs is 5. The van der Waals surface area contributed by atoms with Crippen molar-refractivity contribution in [1.82, 2.24) is 0 Å². The van der Waals surface area contributed by atoms with Gasteiger partial charge in [-0.2, -0.15) is 0 Å². The number of Topliss-reactive ketones (excluding diaryl/α,β-unsaturated/α-hetero) is 2. The molecule has 1 aromatic carbocycles. The summed E-state index contributed by atoms with van der Waals surface area (Å²) < 4.78 is 22.0. The zero-order chi connectivity index (χ0) is 19.5. The average Bonchev–Trinajstić information content (AvgIpc) is 3.13. The minimum atomic E-state index is -0.427. The van der Waals surface area contributed by atoms with Gasteiger partial charge in [-0.25, -0.2) is 0 Å². The van der Waals surface area contributed by atoms with E-state index in [0.717, 1.165) is 11.1 Å². The van der Waals surface area contributed by atoms with Crippen LogP contribution in [0, 0.1) is 0 Å². The van der Waals surface area contributed by atoms with Gasteiger partial charge in [-0.05, 0) is 36.6 Å². The SMILES string of the molecule is COC1=C(C)C(=O)c2c(cc(COC(C)=O)c3c2CC2OC(C)OC32)C1=O. The number of esters is 1. The molecular weight excluding hydrogens is 352 g/mol. The Balaban J connectivity index is 1.91. The van der Waals surface area contributed by atoms with Crippen LogP contribution in [0.1, 0.15) is 64.3 Å². The summed E-state index contributed by atoms with van der Waals surface area (Å²) in [6, 6.07) is 1.62. The second-order valence-electron chi connectivity index (χ2n) is 6.95. The van der Waals surface area contributed by atoms with Gasteiger partial charge < -0.3 is 18.9 Å². The molecule has 1 aromatic rings. The summed E-state index contributed by atoms with van der Waals surface area (Å²) in [4.78, 5) is 37.2. The van der Waals surface area contributed by atoms with Crippen molar-refractivity contribution in [2.75, 3.05) is 7.11 Å². The van der Waals surface area contributed by atoms with Crippen molar-refractivity contribution in [2.45, 2.75) is 52.3 Å². The number of methoxy groups -OCH3 is 1. The molecule has 7 heteroatoms. The van der Waals surface area contributed by atoms with Gasteiger partial charge in [-0.1, -0.05) is 0 Å². The number of allylic oxidation sites excluding steroid dienone is 2. The molecule has 0 amide bonds. The molecule has 0 radical (unpaired) electrons. The Hall–Kier alpha value is -2.51. The van der Waals surface area contributed by atoms with Crippen molar-refractivity contribution < 1.29 is 33.3 Å². The third-order valence-electron chi connectivity index (χ3n) is 5.29. The molecule has 3 unspecified atom stereocenters. The summed E-state index contributed by atoms with van der Waals surface area (Å²) >= 11 is 0. The van der Waals surface area contributed by atoms with Crippen LogP contribution in [0.25, 0.3) is 0 Å². The van der Waals surface area contributed by atoms with Crippen LogP contribution in [0.15, 0.2) is 17.4 Å². The van der Waals surface area contributed by atoms with Gasteiger partial charge in [0.05, 0.1) is 13.2 Å². The molecule has 1 aliphatic heterocycles. The molecule has 0 aromatic heterocycles. The number of benzene rings is 1. The molecule has 0 saturated carbocycles. The normalized spacial score (nSPS) is 26.0. The van der Waals surface area contributed by atoms with Crippen LogP contribution in [0.2, 0.25) is 0 Å². The van der Waals surface area contributed by atoms with Crippen molar-refractivity contribution in [2.24, 2.45) is 0 Å². The van der Waals surface area contributed by atoms with Crippen molar-refractivity contribution in [3.8, 4) is 0 Å². The number of ketones is 2. The summed E-state index contributed by atoms with van der Waals surface area (Å²) in [6.07, 6.45) is -0.463. The van der Waals surface area contributed by atoms with Crippen LogP contribution in [-0.2, 0) is 36.8 Å². The van der Waals surface area contributed by atoms with Crippen molar-refractivity contribution in [3.05, 3.63) is 45.2 Å². The first kappa shape index (κ1) is 17.9. The highest BCUT2D eigenvalue weighted by Crippen LogP contribution is 2.47. The van der Waals surface area contributed by atoms with Crippen LogP contribution in [-0.4, -0.2) is 37.0 Å². The van der Waals surface area contributed by atoms with E-state index in [1.807, 2.05) is 6.92 Å². The van der Waals surface area contributed by atoms with E-state index in [2.05, 4.69) is 0 Å². The van der Waals surface area contributed by atoms with Gasteiger partial charge in [0.15, 0.2) is 17.8 Å². The van der Waals surface area contributed by atoms with Gasteiger partial charge in [0, 0.05) is 30.0 Å². The van der Waals surface area contributed by atoms with E-state index in [4.69, 9.17) is 18.9 Å². The summed E-state index contributed by atoms with van der Waals surface area (Å²) in [5.74, 6) is -0.956. The fraction of sp³-hybridized carbons (Fsp3) is 0.450. The van der Waals surface area contributed by atoms with E-state index in [1.54, 1.807) is 13.0 Å². The number of carbonyl (C=O) groups excluding carboxylic acids is 3. The second kappa shape index (κ2) is 6.28. The Morgan fingerprint density at radius 3 is 2.67 bits per heavy atom. The summed E-state index contributed by atoms with van der Waals surface area (Å²) in [7, 11) is 1.37. The molecule has 0 spiro atoms. The van der Waals surface area contributed by atoms with Gasteiger partial charge in [-0.15, -0.1) is 0 Å². The maximum Gasteiger partial charge on any atom is 0.302 e. The van der Waals surface area contributed by atoms with Crippen LogP contribution in [0.3, 0.4) is 0 Å².